The van der Waals surface area contributed by atoms with Crippen LogP contribution in [0.25, 0.3) is 11.0 Å². The summed E-state index contributed by atoms with van der Waals surface area (Å²) in [5.74, 6) is 0. The fourth-order valence-electron chi connectivity index (χ4n) is 2.08. The van der Waals surface area contributed by atoms with Crippen LogP contribution in [0.4, 0.5) is 5.69 Å². The van der Waals surface area contributed by atoms with E-state index in [1.165, 1.54) is 6.42 Å². The molecule has 3 rings (SSSR count). The van der Waals surface area contributed by atoms with Crippen molar-refractivity contribution in [3.63, 3.8) is 0 Å². The Bertz CT molecular complexity index is 502. The zero-order valence-electron chi connectivity index (χ0n) is 8.97. The van der Waals surface area contributed by atoms with Crippen molar-refractivity contribution in [3.05, 3.63) is 18.5 Å². The molecule has 5 heteroatoms. The number of nitrogens with two attached hydrogens (primary N) is 1. The fraction of sp³-hybridized carbons (Fsp3) is 0.455. The molecule has 1 aliphatic rings. The maximum atomic E-state index is 5.69. The fourth-order valence-corrected chi connectivity index (χ4v) is 2.08. The van der Waals surface area contributed by atoms with Crippen molar-refractivity contribution in [1.82, 2.24) is 14.8 Å². The molecular formula is C11H14N4O. The Kier molecular flexibility index (Phi) is 2.25. The number of ether oxygens (including phenoxy) is 1. The topological polar surface area (TPSA) is 66.0 Å². The highest BCUT2D eigenvalue weighted by molar-refractivity contribution is 5.77. The molecule has 2 N–H and O–H groups in total. The van der Waals surface area contributed by atoms with Crippen molar-refractivity contribution in [3.8, 4) is 0 Å². The van der Waals surface area contributed by atoms with Crippen LogP contribution in [0, 0.1) is 0 Å². The van der Waals surface area contributed by atoms with Crippen LogP contribution in [0.3, 0.4) is 0 Å². The van der Waals surface area contributed by atoms with E-state index in [-0.39, 0.29) is 6.23 Å². The lowest BCUT2D eigenvalue weighted by molar-refractivity contribution is -0.0370. The Balaban J connectivity index is 2.03. The van der Waals surface area contributed by atoms with Gasteiger partial charge in [-0.2, -0.15) is 5.10 Å². The quantitative estimate of drug-likeness (QED) is 0.791. The van der Waals surface area contributed by atoms with Gasteiger partial charge >= 0.3 is 0 Å². The number of nitrogen functional groups attached to an aromatic ring is 1. The van der Waals surface area contributed by atoms with Gasteiger partial charge in [-0.05, 0) is 25.3 Å². The SMILES string of the molecule is Nc1cnc2c(cnn2C2CCCCO2)c1. The number of hydrogen-bond donors (Lipinski definition) is 1. The smallest absolute Gasteiger partial charge is 0.160 e. The lowest BCUT2D eigenvalue weighted by Gasteiger charge is -2.22. The van der Waals surface area contributed by atoms with Crippen molar-refractivity contribution in [2.45, 2.75) is 25.5 Å². The van der Waals surface area contributed by atoms with Crippen LogP contribution in [-0.2, 0) is 4.74 Å². The normalized spacial score (nSPS) is 21.4. The maximum absolute atomic E-state index is 5.69. The third kappa shape index (κ3) is 1.53. The largest absolute Gasteiger partial charge is 0.397 e. The van der Waals surface area contributed by atoms with Gasteiger partial charge in [0.15, 0.2) is 11.9 Å². The summed E-state index contributed by atoms with van der Waals surface area (Å²) in [7, 11) is 0. The van der Waals surface area contributed by atoms with Crippen LogP contribution in [0.1, 0.15) is 25.5 Å². The van der Waals surface area contributed by atoms with E-state index < -0.39 is 0 Å². The Labute approximate surface area is 93.2 Å². The predicted molar refractivity (Wildman–Crippen MR) is 60.8 cm³/mol. The van der Waals surface area contributed by atoms with Crippen LogP contribution in [-0.4, -0.2) is 21.4 Å². The van der Waals surface area contributed by atoms with Crippen molar-refractivity contribution < 1.29 is 4.74 Å². The van der Waals surface area contributed by atoms with Gasteiger partial charge in [-0.15, -0.1) is 0 Å². The summed E-state index contributed by atoms with van der Waals surface area (Å²) in [5, 5.41) is 5.30. The highest BCUT2D eigenvalue weighted by atomic mass is 16.5. The second-order valence-electron chi connectivity index (χ2n) is 4.09. The number of rotatable bonds is 1. The summed E-state index contributed by atoms with van der Waals surface area (Å²) in [5.41, 5.74) is 7.19. The van der Waals surface area contributed by atoms with Crippen LogP contribution >= 0.6 is 0 Å². The lowest BCUT2D eigenvalue weighted by Crippen LogP contribution is -2.19. The molecule has 0 bridgehead atoms. The molecule has 3 heterocycles. The molecule has 2 aromatic heterocycles. The van der Waals surface area contributed by atoms with Crippen molar-refractivity contribution >= 4 is 16.7 Å². The van der Waals surface area contributed by atoms with Gasteiger partial charge < -0.3 is 10.5 Å². The molecule has 0 radical (unpaired) electrons. The minimum Gasteiger partial charge on any atom is -0.397 e. The number of hydrogen-bond acceptors (Lipinski definition) is 4. The number of nitrogens with zero attached hydrogens (tertiary/aromatic N) is 3. The molecule has 1 unspecified atom stereocenters. The first-order valence-corrected chi connectivity index (χ1v) is 5.55. The molecule has 84 valence electrons. The van der Waals surface area contributed by atoms with Crippen LogP contribution in [0.5, 0.6) is 0 Å². The van der Waals surface area contributed by atoms with Gasteiger partial charge in [0.2, 0.25) is 0 Å². The van der Waals surface area contributed by atoms with E-state index in [0.29, 0.717) is 5.69 Å². The Morgan fingerprint density at radius 2 is 2.31 bits per heavy atom. The molecule has 0 aromatic carbocycles. The molecule has 0 saturated carbocycles. The third-order valence-corrected chi connectivity index (χ3v) is 2.88. The molecule has 0 spiro atoms. The molecule has 1 atom stereocenters. The van der Waals surface area contributed by atoms with E-state index in [0.717, 1.165) is 30.5 Å². The Hall–Kier alpha value is -1.62. The lowest BCUT2D eigenvalue weighted by atomic mass is 10.2. The molecule has 0 amide bonds. The van der Waals surface area contributed by atoms with E-state index in [1.54, 1.807) is 12.4 Å². The van der Waals surface area contributed by atoms with Crippen molar-refractivity contribution in [2.75, 3.05) is 12.3 Å². The van der Waals surface area contributed by atoms with Gasteiger partial charge in [-0.3, -0.25) is 0 Å². The maximum Gasteiger partial charge on any atom is 0.160 e. The molecule has 1 aliphatic heterocycles. The first-order valence-electron chi connectivity index (χ1n) is 5.55. The standard InChI is InChI=1S/C11H14N4O/c12-9-5-8-6-14-15(11(8)13-7-9)10-3-1-2-4-16-10/h5-7,10H,1-4,12H2. The molecule has 1 saturated heterocycles. The van der Waals surface area contributed by atoms with E-state index in [9.17, 15) is 0 Å². The van der Waals surface area contributed by atoms with Crippen LogP contribution < -0.4 is 5.73 Å². The first-order chi connectivity index (χ1) is 7.84. The summed E-state index contributed by atoms with van der Waals surface area (Å²) in [6, 6.07) is 1.88. The number of pyridine rings is 1. The third-order valence-electron chi connectivity index (χ3n) is 2.88. The first kappa shape index (κ1) is 9.59. The zero-order chi connectivity index (χ0) is 11.0. The summed E-state index contributed by atoms with van der Waals surface area (Å²) in [6.45, 7) is 0.807. The highest BCUT2D eigenvalue weighted by Gasteiger charge is 2.18. The molecule has 16 heavy (non-hydrogen) atoms. The molecular weight excluding hydrogens is 204 g/mol. The minimum atomic E-state index is 0.0300. The highest BCUT2D eigenvalue weighted by Crippen LogP contribution is 2.25. The second-order valence-corrected chi connectivity index (χ2v) is 4.09. The van der Waals surface area contributed by atoms with E-state index >= 15 is 0 Å². The zero-order valence-corrected chi connectivity index (χ0v) is 8.97. The second kappa shape index (κ2) is 3.75. The average Bonchev–Trinajstić information content (AvgIpc) is 2.73. The van der Waals surface area contributed by atoms with Gasteiger partial charge in [0.05, 0.1) is 18.1 Å². The Morgan fingerprint density at radius 3 is 3.12 bits per heavy atom. The average molecular weight is 218 g/mol. The Morgan fingerprint density at radius 1 is 1.38 bits per heavy atom. The molecule has 0 aliphatic carbocycles. The van der Waals surface area contributed by atoms with Crippen LogP contribution in [0.2, 0.25) is 0 Å². The summed E-state index contributed by atoms with van der Waals surface area (Å²) in [6.07, 6.45) is 6.79. The molecule has 1 fully saturated rings. The van der Waals surface area contributed by atoms with Gasteiger partial charge in [0, 0.05) is 12.0 Å². The number of aromatic nitrogens is 3. The minimum absolute atomic E-state index is 0.0300. The molecule has 2 aromatic rings. The molecule has 5 nitrogen and oxygen atoms in total. The van der Waals surface area contributed by atoms with Crippen molar-refractivity contribution in [2.24, 2.45) is 0 Å². The van der Waals surface area contributed by atoms with Crippen molar-refractivity contribution in [1.29, 1.82) is 0 Å². The van der Waals surface area contributed by atoms with Gasteiger partial charge in [0.25, 0.3) is 0 Å². The summed E-state index contributed by atoms with van der Waals surface area (Å²) < 4.78 is 7.54. The number of anilines is 1. The van der Waals surface area contributed by atoms with Gasteiger partial charge in [-0.1, -0.05) is 0 Å². The van der Waals surface area contributed by atoms with Gasteiger partial charge in [-0.25, -0.2) is 9.67 Å². The van der Waals surface area contributed by atoms with E-state index in [2.05, 4.69) is 10.1 Å². The van der Waals surface area contributed by atoms with Gasteiger partial charge in [0.1, 0.15) is 0 Å². The summed E-state index contributed by atoms with van der Waals surface area (Å²) >= 11 is 0. The van der Waals surface area contributed by atoms with E-state index in [1.807, 2.05) is 10.7 Å². The predicted octanol–water partition coefficient (Wildman–Crippen LogP) is 1.71. The summed E-state index contributed by atoms with van der Waals surface area (Å²) in [4.78, 5) is 4.31. The van der Waals surface area contributed by atoms with Crippen LogP contribution in [0.15, 0.2) is 18.5 Å². The number of fused-ring (bicyclic) bond motifs is 1. The van der Waals surface area contributed by atoms with E-state index in [4.69, 9.17) is 10.5 Å². The monoisotopic (exact) mass is 218 g/mol.